The normalized spacial score (nSPS) is 23.0. The van der Waals surface area contributed by atoms with Crippen molar-refractivity contribution in [2.24, 2.45) is 18.4 Å². The van der Waals surface area contributed by atoms with Crippen molar-refractivity contribution in [3.63, 3.8) is 0 Å². The number of nitrogens with zero attached hydrogens (tertiary/aromatic N) is 5. The second-order valence-electron chi connectivity index (χ2n) is 13.0. The molecular weight excluding hydrogens is 557 g/mol. The van der Waals surface area contributed by atoms with Gasteiger partial charge < -0.3 is 20.5 Å². The van der Waals surface area contributed by atoms with Crippen molar-refractivity contribution in [2.45, 2.75) is 69.5 Å². The number of hydrogen-bond donors (Lipinski definition) is 3. The minimum Gasteiger partial charge on any atom is -0.382 e. The van der Waals surface area contributed by atoms with Crippen LogP contribution >= 0.6 is 0 Å². The van der Waals surface area contributed by atoms with Gasteiger partial charge in [0.2, 0.25) is 0 Å². The van der Waals surface area contributed by atoms with Crippen LogP contribution in [0, 0.1) is 22.7 Å². The molecule has 3 aliphatic rings. The van der Waals surface area contributed by atoms with Crippen molar-refractivity contribution >= 4 is 17.3 Å². The smallest absolute Gasteiger partial charge is 0.382 e. The van der Waals surface area contributed by atoms with Crippen molar-refractivity contribution in [1.29, 1.82) is 5.26 Å². The summed E-state index contributed by atoms with van der Waals surface area (Å²) in [4.78, 5) is 18.3. The van der Waals surface area contributed by atoms with Crippen LogP contribution in [0.4, 0.5) is 24.5 Å². The molecule has 1 aromatic carbocycles. The first kappa shape index (κ1) is 29.1. The molecule has 1 aliphatic heterocycles. The Kier molecular flexibility index (Phi) is 6.99. The monoisotopic (exact) mass is 592 g/mol. The lowest BCUT2D eigenvalue weighted by Crippen LogP contribution is -2.44. The van der Waals surface area contributed by atoms with Crippen LogP contribution in [0.5, 0.6) is 0 Å². The number of fused-ring (bicyclic) bond motifs is 1. The molecule has 0 bridgehead atoms. The number of rotatable bonds is 9. The average molecular weight is 593 g/mol. The highest BCUT2D eigenvalue weighted by Crippen LogP contribution is 2.57. The van der Waals surface area contributed by atoms with Gasteiger partial charge in [0.25, 0.3) is 5.91 Å². The summed E-state index contributed by atoms with van der Waals surface area (Å²) in [6.07, 6.45) is -0.326. The summed E-state index contributed by atoms with van der Waals surface area (Å²) in [5, 5.41) is 27.0. The third kappa shape index (κ3) is 5.13. The molecule has 0 spiro atoms. The molecule has 2 fully saturated rings. The van der Waals surface area contributed by atoms with Crippen LogP contribution in [-0.4, -0.2) is 44.9 Å². The van der Waals surface area contributed by atoms with E-state index in [0.717, 1.165) is 35.6 Å². The topological polar surface area (TPSA) is 121 Å². The second kappa shape index (κ2) is 10.3. The third-order valence-electron chi connectivity index (χ3n) is 9.38. The summed E-state index contributed by atoms with van der Waals surface area (Å²) in [6, 6.07) is 11.6. The number of amides is 1. The Balaban J connectivity index is 1.25. The van der Waals surface area contributed by atoms with E-state index in [1.807, 2.05) is 49.7 Å². The molecule has 9 nitrogen and oxygen atoms in total. The number of aryl methyl sites for hydroxylation is 1. The van der Waals surface area contributed by atoms with Crippen molar-refractivity contribution in [2.75, 3.05) is 23.7 Å². The minimum absolute atomic E-state index is 0.132. The van der Waals surface area contributed by atoms with Gasteiger partial charge in [0, 0.05) is 44.2 Å². The molecule has 6 rings (SSSR count). The number of carbonyl (C=O) groups excluding carboxylic acids is 1. The van der Waals surface area contributed by atoms with E-state index in [2.05, 4.69) is 32.2 Å². The van der Waals surface area contributed by atoms with Crippen LogP contribution in [0.1, 0.15) is 79.1 Å². The number of nitriles is 1. The van der Waals surface area contributed by atoms with Gasteiger partial charge in [0.15, 0.2) is 0 Å². The molecule has 12 heteroatoms. The number of anilines is 2. The average Bonchev–Trinajstić information content (AvgIpc) is 3.52. The summed E-state index contributed by atoms with van der Waals surface area (Å²) in [7, 11) is 1.90. The van der Waals surface area contributed by atoms with E-state index >= 15 is 0 Å². The van der Waals surface area contributed by atoms with Crippen LogP contribution in [0.15, 0.2) is 36.7 Å². The second-order valence-corrected chi connectivity index (χ2v) is 13.0. The zero-order valence-corrected chi connectivity index (χ0v) is 24.5. The van der Waals surface area contributed by atoms with E-state index in [0.29, 0.717) is 24.2 Å². The number of hydrogen-bond acceptors (Lipinski definition) is 7. The quantitative estimate of drug-likeness (QED) is 0.312. The molecule has 2 saturated carbocycles. The fraction of sp³-hybridized carbons (Fsp3) is 0.516. The van der Waals surface area contributed by atoms with Gasteiger partial charge in [-0.15, -0.1) is 10.2 Å². The van der Waals surface area contributed by atoms with E-state index in [1.165, 1.54) is 0 Å². The molecule has 0 radical (unpaired) electrons. The first-order valence-corrected chi connectivity index (χ1v) is 14.6. The maximum atomic E-state index is 13.6. The highest BCUT2D eigenvalue weighted by molar-refractivity contribution is 6.03. The predicted molar refractivity (Wildman–Crippen MR) is 154 cm³/mol. The number of nitrogens with one attached hydrogen (secondary N) is 3. The van der Waals surface area contributed by atoms with Gasteiger partial charge in [-0.05, 0) is 60.9 Å². The summed E-state index contributed by atoms with van der Waals surface area (Å²) < 4.78 is 42.3. The van der Waals surface area contributed by atoms with Gasteiger partial charge in [-0.1, -0.05) is 26.0 Å². The summed E-state index contributed by atoms with van der Waals surface area (Å²) in [6.45, 7) is 4.68. The van der Waals surface area contributed by atoms with Gasteiger partial charge in [0.05, 0.1) is 28.3 Å². The summed E-state index contributed by atoms with van der Waals surface area (Å²) in [5.41, 5.74) is 1.57. The Morgan fingerprint density at radius 3 is 2.65 bits per heavy atom. The highest BCUT2D eigenvalue weighted by Gasteiger charge is 2.62. The fourth-order valence-corrected chi connectivity index (χ4v) is 6.63. The molecule has 3 aromatic rings. The number of halogens is 3. The van der Waals surface area contributed by atoms with Crippen molar-refractivity contribution in [3.8, 4) is 6.07 Å². The summed E-state index contributed by atoms with van der Waals surface area (Å²) in [5.74, 6) is 0.669. The van der Waals surface area contributed by atoms with Crippen molar-refractivity contribution in [1.82, 2.24) is 25.1 Å². The lowest BCUT2D eigenvalue weighted by molar-refractivity contribution is -0.185. The predicted octanol–water partition coefficient (Wildman–Crippen LogP) is 5.21. The van der Waals surface area contributed by atoms with Crippen LogP contribution in [0.2, 0.25) is 0 Å². The first-order valence-electron chi connectivity index (χ1n) is 14.6. The number of carbonyl (C=O) groups is 1. The Bertz CT molecular complexity index is 1590. The molecule has 0 atom stereocenters. The Morgan fingerprint density at radius 1 is 1.23 bits per heavy atom. The van der Waals surface area contributed by atoms with E-state index in [4.69, 9.17) is 4.98 Å². The van der Waals surface area contributed by atoms with Gasteiger partial charge in [0.1, 0.15) is 17.8 Å². The van der Waals surface area contributed by atoms with Crippen molar-refractivity contribution < 1.29 is 18.0 Å². The number of aromatic nitrogens is 4. The molecule has 3 heterocycles. The molecule has 1 amide bonds. The zero-order valence-electron chi connectivity index (χ0n) is 24.5. The molecule has 2 aromatic heterocycles. The lowest BCUT2D eigenvalue weighted by atomic mass is 9.57. The van der Waals surface area contributed by atoms with Crippen LogP contribution in [0.25, 0.3) is 0 Å². The maximum absolute atomic E-state index is 13.6. The number of alkyl halides is 3. The standard InChI is InChI=1S/C31H35F3N8O/c1-28(2)16-37-24-20(15-36-17-29(8-9-29)31(32,33)34)11-23(40-25(24)28)26(43)39-22-6-4-5-21(12-22)30(13-19(14-30)7-10-35)27-41-38-18-42(27)3/h4-6,11-12,18-19,36-37H,7-9,13-17H2,1-3H3,(H,39,43). The first-order chi connectivity index (χ1) is 20.4. The van der Waals surface area contributed by atoms with Crippen LogP contribution in [0.3, 0.4) is 0 Å². The third-order valence-corrected chi connectivity index (χ3v) is 9.38. The Morgan fingerprint density at radius 2 is 2.00 bits per heavy atom. The summed E-state index contributed by atoms with van der Waals surface area (Å²) >= 11 is 0. The highest BCUT2D eigenvalue weighted by atomic mass is 19.4. The molecule has 0 saturated heterocycles. The molecule has 3 N–H and O–H groups in total. The van der Waals surface area contributed by atoms with Crippen LogP contribution in [-0.2, 0) is 24.4 Å². The largest absolute Gasteiger partial charge is 0.395 e. The van der Waals surface area contributed by atoms with E-state index < -0.39 is 22.9 Å². The Hall–Kier alpha value is -3.98. The van der Waals surface area contributed by atoms with E-state index in [-0.39, 0.29) is 43.0 Å². The van der Waals surface area contributed by atoms with Gasteiger partial charge in [-0.3, -0.25) is 4.79 Å². The number of pyridine rings is 1. The molecule has 226 valence electrons. The van der Waals surface area contributed by atoms with Gasteiger partial charge in [-0.2, -0.15) is 18.4 Å². The van der Waals surface area contributed by atoms with E-state index in [9.17, 15) is 23.2 Å². The SMILES string of the molecule is Cn1cnnc1C1(c2cccc(NC(=O)c3cc(CNCC4(C(F)(F)F)CC4)c4c(n3)C(C)(C)CN4)c2)CC(CC#N)C1. The Labute approximate surface area is 248 Å². The lowest BCUT2D eigenvalue weighted by Gasteiger charge is -2.46. The van der Waals surface area contributed by atoms with Crippen LogP contribution < -0.4 is 16.0 Å². The molecule has 0 unspecified atom stereocenters. The van der Waals surface area contributed by atoms with Gasteiger partial charge in [-0.25, -0.2) is 4.98 Å². The minimum atomic E-state index is -4.23. The number of benzene rings is 1. The molecule has 43 heavy (non-hydrogen) atoms. The fourth-order valence-electron chi connectivity index (χ4n) is 6.63. The van der Waals surface area contributed by atoms with Gasteiger partial charge >= 0.3 is 6.18 Å². The maximum Gasteiger partial charge on any atom is 0.395 e. The molecule has 2 aliphatic carbocycles. The molecular formula is C31H35F3N8O. The van der Waals surface area contributed by atoms with Crippen molar-refractivity contribution in [3.05, 3.63) is 65.0 Å². The zero-order chi connectivity index (χ0) is 30.6. The van der Waals surface area contributed by atoms with E-state index in [1.54, 1.807) is 12.4 Å².